The predicted octanol–water partition coefficient (Wildman–Crippen LogP) is 2.00. The van der Waals surface area contributed by atoms with E-state index in [1.165, 1.54) is 17.5 Å². The van der Waals surface area contributed by atoms with Crippen LogP contribution in [0, 0.1) is 12.3 Å². The molecule has 0 radical (unpaired) electrons. The molecular weight excluding hydrogens is 158 g/mol. The monoisotopic (exact) mass is 171 g/mol. The van der Waals surface area contributed by atoms with Crippen LogP contribution in [0.4, 0.5) is 0 Å². The van der Waals surface area contributed by atoms with Crippen LogP contribution in [0.15, 0.2) is 18.2 Å². The lowest BCUT2D eigenvalue weighted by Gasteiger charge is -2.23. The summed E-state index contributed by atoms with van der Waals surface area (Å²) in [4.78, 5) is 0. The van der Waals surface area contributed by atoms with Gasteiger partial charge in [-0.1, -0.05) is 18.1 Å². The summed E-state index contributed by atoms with van der Waals surface area (Å²) in [6, 6.07) is 6.28. The van der Waals surface area contributed by atoms with Crippen LogP contribution in [-0.4, -0.2) is 0 Å². The third kappa shape index (κ3) is 1.34. The van der Waals surface area contributed by atoms with E-state index in [1.807, 2.05) is 12.1 Å². The molecule has 1 aliphatic rings. The molecule has 13 heavy (non-hydrogen) atoms. The lowest BCUT2D eigenvalue weighted by molar-refractivity contribution is 0.569. The summed E-state index contributed by atoms with van der Waals surface area (Å²) < 4.78 is 0. The maximum absolute atomic E-state index is 6.03. The van der Waals surface area contributed by atoms with E-state index < -0.39 is 0 Å². The van der Waals surface area contributed by atoms with E-state index in [1.54, 1.807) is 0 Å². The van der Waals surface area contributed by atoms with Crippen molar-refractivity contribution in [2.45, 2.75) is 25.3 Å². The summed E-state index contributed by atoms with van der Waals surface area (Å²) in [5.41, 5.74) is 9.55. The van der Waals surface area contributed by atoms with Gasteiger partial charge < -0.3 is 5.73 Å². The van der Waals surface area contributed by atoms with E-state index in [9.17, 15) is 0 Å². The number of fused-ring (bicyclic) bond motifs is 1. The minimum atomic E-state index is 0.149. The second kappa shape index (κ2) is 3.24. The van der Waals surface area contributed by atoms with Crippen LogP contribution in [0.5, 0.6) is 0 Å². The third-order valence-corrected chi connectivity index (χ3v) is 2.68. The zero-order valence-corrected chi connectivity index (χ0v) is 7.59. The van der Waals surface area contributed by atoms with E-state index in [-0.39, 0.29) is 6.04 Å². The van der Waals surface area contributed by atoms with Gasteiger partial charge in [0.2, 0.25) is 0 Å². The first kappa shape index (κ1) is 8.34. The van der Waals surface area contributed by atoms with Crippen LogP contribution in [0.2, 0.25) is 0 Å². The Balaban J connectivity index is 2.58. The smallest absolute Gasteiger partial charge is 0.0310 e. The average Bonchev–Trinajstić information content (AvgIpc) is 2.17. The van der Waals surface area contributed by atoms with Crippen LogP contribution >= 0.6 is 0 Å². The summed E-state index contributed by atoms with van der Waals surface area (Å²) in [7, 11) is 0. The third-order valence-electron chi connectivity index (χ3n) is 2.68. The van der Waals surface area contributed by atoms with Gasteiger partial charge in [0.05, 0.1) is 0 Å². The van der Waals surface area contributed by atoms with Crippen molar-refractivity contribution in [2.75, 3.05) is 0 Å². The van der Waals surface area contributed by atoms with Crippen LogP contribution in [0.3, 0.4) is 0 Å². The Labute approximate surface area is 79.0 Å². The lowest BCUT2D eigenvalue weighted by Crippen LogP contribution is -2.18. The lowest BCUT2D eigenvalue weighted by atomic mass is 9.85. The van der Waals surface area contributed by atoms with Crippen LogP contribution in [0.1, 0.15) is 35.6 Å². The van der Waals surface area contributed by atoms with E-state index >= 15 is 0 Å². The van der Waals surface area contributed by atoms with Crippen molar-refractivity contribution < 1.29 is 0 Å². The van der Waals surface area contributed by atoms with E-state index in [2.05, 4.69) is 12.0 Å². The standard InChI is InChI=1S/C12H13N/c1-2-9-5-3-6-10-7-4-8-11(13)12(9)10/h1,3,5-6,11H,4,7-8,13H2/t11-/m1/s1. The minimum absolute atomic E-state index is 0.149. The molecule has 1 atom stereocenters. The van der Waals surface area contributed by atoms with Gasteiger partial charge in [-0.15, -0.1) is 6.42 Å². The molecule has 2 rings (SSSR count). The van der Waals surface area contributed by atoms with Gasteiger partial charge in [-0.3, -0.25) is 0 Å². The highest BCUT2D eigenvalue weighted by atomic mass is 14.6. The molecule has 0 heterocycles. The van der Waals surface area contributed by atoms with Crippen LogP contribution in [0.25, 0.3) is 0 Å². The molecule has 1 aliphatic carbocycles. The highest BCUT2D eigenvalue weighted by Crippen LogP contribution is 2.30. The largest absolute Gasteiger partial charge is 0.324 e. The number of hydrogen-bond acceptors (Lipinski definition) is 1. The van der Waals surface area contributed by atoms with Crippen LogP contribution in [-0.2, 0) is 6.42 Å². The summed E-state index contributed by atoms with van der Waals surface area (Å²) in [5, 5.41) is 0. The topological polar surface area (TPSA) is 26.0 Å². The minimum Gasteiger partial charge on any atom is -0.324 e. The zero-order chi connectivity index (χ0) is 9.26. The zero-order valence-electron chi connectivity index (χ0n) is 7.59. The van der Waals surface area contributed by atoms with Crippen molar-refractivity contribution in [3.63, 3.8) is 0 Å². The molecule has 1 aromatic rings. The van der Waals surface area contributed by atoms with E-state index in [0.29, 0.717) is 0 Å². The van der Waals surface area contributed by atoms with Gasteiger partial charge in [0, 0.05) is 11.6 Å². The van der Waals surface area contributed by atoms with Gasteiger partial charge in [0.15, 0.2) is 0 Å². The molecule has 0 spiro atoms. The molecule has 1 aromatic carbocycles. The van der Waals surface area contributed by atoms with Crippen molar-refractivity contribution in [3.05, 3.63) is 34.9 Å². The van der Waals surface area contributed by atoms with Crippen molar-refractivity contribution in [2.24, 2.45) is 5.73 Å². The number of benzene rings is 1. The van der Waals surface area contributed by atoms with Gasteiger partial charge >= 0.3 is 0 Å². The summed E-state index contributed by atoms with van der Waals surface area (Å²) in [5.74, 6) is 2.71. The molecular formula is C12H13N. The number of hydrogen-bond donors (Lipinski definition) is 1. The number of aryl methyl sites for hydroxylation is 1. The normalized spacial score (nSPS) is 20.5. The van der Waals surface area contributed by atoms with Crippen molar-refractivity contribution in [3.8, 4) is 12.3 Å². The first-order valence-electron chi connectivity index (χ1n) is 4.67. The van der Waals surface area contributed by atoms with Gasteiger partial charge in [-0.25, -0.2) is 0 Å². The summed E-state index contributed by atoms with van der Waals surface area (Å²) in [6.45, 7) is 0. The first-order chi connectivity index (χ1) is 6.33. The van der Waals surface area contributed by atoms with E-state index in [4.69, 9.17) is 12.2 Å². The van der Waals surface area contributed by atoms with Gasteiger partial charge in [-0.05, 0) is 36.5 Å². The highest BCUT2D eigenvalue weighted by Gasteiger charge is 2.18. The van der Waals surface area contributed by atoms with Gasteiger partial charge in [0.25, 0.3) is 0 Å². The van der Waals surface area contributed by atoms with Crippen LogP contribution < -0.4 is 5.73 Å². The fraction of sp³-hybridized carbons (Fsp3) is 0.333. The Hall–Kier alpha value is -1.26. The average molecular weight is 171 g/mol. The second-order valence-corrected chi connectivity index (χ2v) is 3.52. The molecule has 0 bridgehead atoms. The molecule has 0 fully saturated rings. The summed E-state index contributed by atoms with van der Waals surface area (Å²) >= 11 is 0. The molecule has 2 N–H and O–H groups in total. The Morgan fingerprint density at radius 3 is 3.08 bits per heavy atom. The predicted molar refractivity (Wildman–Crippen MR) is 54.2 cm³/mol. The molecule has 0 amide bonds. The van der Waals surface area contributed by atoms with Gasteiger partial charge in [-0.2, -0.15) is 0 Å². The molecule has 1 nitrogen and oxygen atoms in total. The number of nitrogens with two attached hydrogens (primary N) is 1. The Morgan fingerprint density at radius 1 is 1.46 bits per heavy atom. The van der Waals surface area contributed by atoms with Crippen molar-refractivity contribution >= 4 is 0 Å². The van der Waals surface area contributed by atoms with Crippen molar-refractivity contribution in [1.82, 2.24) is 0 Å². The maximum Gasteiger partial charge on any atom is 0.0310 e. The quantitative estimate of drug-likeness (QED) is 0.594. The molecule has 1 heteroatoms. The first-order valence-corrected chi connectivity index (χ1v) is 4.67. The fourth-order valence-corrected chi connectivity index (χ4v) is 2.05. The molecule has 0 saturated heterocycles. The fourth-order valence-electron chi connectivity index (χ4n) is 2.05. The molecule has 66 valence electrons. The molecule has 0 aliphatic heterocycles. The molecule has 0 saturated carbocycles. The molecule has 0 unspecified atom stereocenters. The molecule has 0 aromatic heterocycles. The number of rotatable bonds is 0. The Morgan fingerprint density at radius 2 is 2.31 bits per heavy atom. The number of terminal acetylenes is 1. The second-order valence-electron chi connectivity index (χ2n) is 3.52. The Kier molecular flexibility index (Phi) is 2.08. The highest BCUT2D eigenvalue weighted by molar-refractivity contribution is 5.47. The van der Waals surface area contributed by atoms with Crippen molar-refractivity contribution in [1.29, 1.82) is 0 Å². The Bertz CT molecular complexity index is 360. The van der Waals surface area contributed by atoms with E-state index in [0.717, 1.165) is 18.4 Å². The summed E-state index contributed by atoms with van der Waals surface area (Å²) in [6.07, 6.45) is 8.80. The maximum atomic E-state index is 6.03. The SMILES string of the molecule is C#Cc1cccc2c1[C@H](N)CCC2. The van der Waals surface area contributed by atoms with Gasteiger partial charge in [0.1, 0.15) is 0 Å².